The van der Waals surface area contributed by atoms with Crippen molar-refractivity contribution in [1.82, 2.24) is 0 Å². The Morgan fingerprint density at radius 3 is 1.60 bits per heavy atom. The first-order chi connectivity index (χ1) is 2.27. The van der Waals surface area contributed by atoms with Gasteiger partial charge in [0.1, 0.15) is 23.7 Å². The Kier molecular flexibility index (Phi) is 2.70. The smallest absolute Gasteiger partial charge is 0.140 e. The zero-order valence-corrected chi connectivity index (χ0v) is 4.63. The Bertz CT molecular complexity index is 20.9. The molecule has 0 spiro atoms. The molecule has 0 aliphatic carbocycles. The van der Waals surface area contributed by atoms with Gasteiger partial charge in [-0.25, -0.2) is 0 Å². The predicted octanol–water partition coefficient (Wildman–Crippen LogP) is 0.426. The minimum absolute atomic E-state index is 0.177. The molecule has 0 bridgehead atoms. The summed E-state index contributed by atoms with van der Waals surface area (Å²) in [4.78, 5) is 0. The van der Waals surface area contributed by atoms with Crippen LogP contribution in [0.25, 0.3) is 0 Å². The van der Waals surface area contributed by atoms with Crippen LogP contribution in [-0.2, 0) is 15.4 Å². The molecule has 0 aromatic rings. The second kappa shape index (κ2) is 2.54. The van der Waals surface area contributed by atoms with Crippen LogP contribution in [-0.4, -0.2) is 19.6 Å². The molecule has 1 nitrogen and oxygen atoms in total. The van der Waals surface area contributed by atoms with E-state index < -0.39 is 0 Å². The molecule has 0 atom stereocenters. The summed E-state index contributed by atoms with van der Waals surface area (Å²) in [5, 5.41) is 0. The van der Waals surface area contributed by atoms with Gasteiger partial charge in [0.25, 0.3) is 0 Å². The predicted molar refractivity (Wildman–Crippen MR) is 26.2 cm³/mol. The van der Waals surface area contributed by atoms with Gasteiger partial charge in [-0.2, -0.15) is 4.18 Å². The highest BCUT2D eigenvalue weighted by Crippen LogP contribution is 1.77. The lowest BCUT2D eigenvalue weighted by molar-refractivity contribution is 0.479. The molecule has 0 aromatic heterocycles. The standard InChI is InChI=1S/C3H9OS/c1-4-5(2)3/h1-3H3/q+1. The highest BCUT2D eigenvalue weighted by Gasteiger charge is 1.91. The van der Waals surface area contributed by atoms with Crippen molar-refractivity contribution in [3.63, 3.8) is 0 Å². The van der Waals surface area contributed by atoms with Crippen molar-refractivity contribution < 1.29 is 4.18 Å². The molecule has 0 N–H and O–H groups in total. The molecule has 0 unspecified atom stereocenters. The summed E-state index contributed by atoms with van der Waals surface area (Å²) in [7, 11) is 1.71. The molecular formula is C3H9OS+. The van der Waals surface area contributed by atoms with E-state index >= 15 is 0 Å². The first kappa shape index (κ1) is 5.31. The van der Waals surface area contributed by atoms with Gasteiger partial charge in [-0.05, 0) is 0 Å². The topological polar surface area (TPSA) is 9.23 Å². The van der Waals surface area contributed by atoms with Crippen molar-refractivity contribution in [1.29, 1.82) is 0 Å². The summed E-state index contributed by atoms with van der Waals surface area (Å²) in [6, 6.07) is 0. The average Bonchev–Trinajstić information content (AvgIpc) is 1.38. The monoisotopic (exact) mass is 93.0 g/mol. The molecule has 0 saturated carbocycles. The molecule has 0 rings (SSSR count). The molecule has 0 heterocycles. The highest BCUT2D eigenvalue weighted by atomic mass is 32.2. The lowest BCUT2D eigenvalue weighted by atomic mass is 11.8. The SMILES string of the molecule is CO[S+](C)C. The Morgan fingerprint density at radius 1 is 1.40 bits per heavy atom. The van der Waals surface area contributed by atoms with E-state index in [2.05, 4.69) is 0 Å². The van der Waals surface area contributed by atoms with Crippen molar-refractivity contribution in [3.8, 4) is 0 Å². The van der Waals surface area contributed by atoms with E-state index in [9.17, 15) is 0 Å². The van der Waals surface area contributed by atoms with Gasteiger partial charge in [-0.3, -0.25) is 0 Å². The molecule has 0 aliphatic rings. The third kappa shape index (κ3) is 4.31. The maximum Gasteiger partial charge on any atom is 0.140 e. The van der Waals surface area contributed by atoms with Gasteiger partial charge in [0.2, 0.25) is 0 Å². The zero-order chi connectivity index (χ0) is 4.28. The Morgan fingerprint density at radius 2 is 1.60 bits per heavy atom. The minimum atomic E-state index is 0.177. The normalized spacial score (nSPS) is 9.60. The Balaban J connectivity index is 2.54. The number of hydrogen-bond acceptors (Lipinski definition) is 1. The average molecular weight is 93.2 g/mol. The molecular weight excluding hydrogens is 84.1 g/mol. The van der Waals surface area contributed by atoms with Gasteiger partial charge >= 0.3 is 0 Å². The van der Waals surface area contributed by atoms with Gasteiger partial charge < -0.3 is 0 Å². The van der Waals surface area contributed by atoms with E-state index in [1.807, 2.05) is 12.5 Å². The quantitative estimate of drug-likeness (QED) is 0.427. The molecule has 0 fully saturated rings. The van der Waals surface area contributed by atoms with Gasteiger partial charge in [-0.1, -0.05) is 0 Å². The fourth-order valence-electron chi connectivity index (χ4n) is 0. The molecule has 0 aromatic carbocycles. The van der Waals surface area contributed by atoms with Crippen molar-refractivity contribution in [3.05, 3.63) is 0 Å². The maximum absolute atomic E-state index is 4.78. The van der Waals surface area contributed by atoms with Crippen LogP contribution < -0.4 is 0 Å². The van der Waals surface area contributed by atoms with Crippen LogP contribution in [0.2, 0.25) is 0 Å². The second-order valence-electron chi connectivity index (χ2n) is 0.908. The summed E-state index contributed by atoms with van der Waals surface area (Å²) < 4.78 is 4.78. The summed E-state index contributed by atoms with van der Waals surface area (Å²) in [5.41, 5.74) is 0. The van der Waals surface area contributed by atoms with Gasteiger partial charge in [-0.15, -0.1) is 0 Å². The van der Waals surface area contributed by atoms with Gasteiger partial charge in [0.15, 0.2) is 0 Å². The summed E-state index contributed by atoms with van der Waals surface area (Å²) in [6.45, 7) is 0. The Hall–Kier alpha value is 0.310. The van der Waals surface area contributed by atoms with E-state index in [4.69, 9.17) is 4.18 Å². The van der Waals surface area contributed by atoms with Crippen LogP contribution in [0.15, 0.2) is 0 Å². The van der Waals surface area contributed by atoms with Crippen LogP contribution >= 0.6 is 0 Å². The van der Waals surface area contributed by atoms with Crippen molar-refractivity contribution in [2.45, 2.75) is 0 Å². The third-order valence-electron chi connectivity index (χ3n) is 0.333. The molecule has 2 heteroatoms. The maximum atomic E-state index is 4.78. The molecule has 0 saturated heterocycles. The summed E-state index contributed by atoms with van der Waals surface area (Å²) >= 11 is 0.177. The van der Waals surface area contributed by atoms with Crippen LogP contribution in [0.1, 0.15) is 0 Å². The first-order valence-electron chi connectivity index (χ1n) is 1.39. The van der Waals surface area contributed by atoms with Gasteiger partial charge in [0.05, 0.1) is 7.11 Å². The molecule has 5 heavy (non-hydrogen) atoms. The minimum Gasteiger partial charge on any atom is -0.178 e. The van der Waals surface area contributed by atoms with Crippen molar-refractivity contribution in [2.24, 2.45) is 0 Å². The van der Waals surface area contributed by atoms with E-state index in [0.717, 1.165) is 0 Å². The second-order valence-corrected chi connectivity index (χ2v) is 2.72. The lowest BCUT2D eigenvalue weighted by Gasteiger charge is -1.80. The van der Waals surface area contributed by atoms with E-state index in [0.29, 0.717) is 0 Å². The third-order valence-corrected chi connectivity index (χ3v) is 1.00. The van der Waals surface area contributed by atoms with Crippen molar-refractivity contribution >= 4 is 11.2 Å². The van der Waals surface area contributed by atoms with E-state index in [1.54, 1.807) is 7.11 Å². The van der Waals surface area contributed by atoms with Crippen LogP contribution in [0.4, 0.5) is 0 Å². The van der Waals surface area contributed by atoms with E-state index in [-0.39, 0.29) is 11.2 Å². The molecule has 0 amide bonds. The van der Waals surface area contributed by atoms with Crippen molar-refractivity contribution in [2.75, 3.05) is 19.6 Å². The molecule has 32 valence electrons. The fraction of sp³-hybridized carbons (Fsp3) is 1.00. The molecule has 0 radical (unpaired) electrons. The summed E-state index contributed by atoms with van der Waals surface area (Å²) in [5.74, 6) is 0. The van der Waals surface area contributed by atoms with Crippen LogP contribution in [0.5, 0.6) is 0 Å². The van der Waals surface area contributed by atoms with E-state index in [1.165, 1.54) is 0 Å². The number of rotatable bonds is 1. The lowest BCUT2D eigenvalue weighted by Crippen LogP contribution is -1.93. The largest absolute Gasteiger partial charge is 0.178 e. The molecule has 0 aliphatic heterocycles. The fourth-order valence-corrected chi connectivity index (χ4v) is 0. The summed E-state index contributed by atoms with van der Waals surface area (Å²) in [6.07, 6.45) is 4.06. The first-order valence-corrected chi connectivity index (χ1v) is 3.36. The Labute approximate surface area is 35.9 Å². The highest BCUT2D eigenvalue weighted by molar-refractivity contribution is 7.90. The number of hydrogen-bond donors (Lipinski definition) is 0. The van der Waals surface area contributed by atoms with Crippen LogP contribution in [0.3, 0.4) is 0 Å². The zero-order valence-electron chi connectivity index (χ0n) is 3.82. The van der Waals surface area contributed by atoms with Crippen LogP contribution in [0, 0.1) is 0 Å². The van der Waals surface area contributed by atoms with Gasteiger partial charge in [0, 0.05) is 0 Å².